The van der Waals surface area contributed by atoms with Crippen LogP contribution < -0.4 is 0 Å². The number of aromatic nitrogens is 1. The summed E-state index contributed by atoms with van der Waals surface area (Å²) in [5, 5.41) is 0. The second kappa shape index (κ2) is 14.0. The highest BCUT2D eigenvalue weighted by atomic mass is 79.9. The van der Waals surface area contributed by atoms with E-state index in [0.717, 1.165) is 23.9 Å². The third-order valence-electron chi connectivity index (χ3n) is 4.64. The molecule has 0 saturated heterocycles. The number of nitrogens with zero attached hydrogens (tertiary/aromatic N) is 1. The predicted octanol–water partition coefficient (Wildman–Crippen LogP) is 6.72. The fraction of sp³-hybridized carbons (Fsp3) is 0.636. The predicted molar refractivity (Wildman–Crippen MR) is 112 cm³/mol. The minimum absolute atomic E-state index is 0.268. The zero-order valence-corrected chi connectivity index (χ0v) is 18.1. The summed E-state index contributed by atoms with van der Waals surface area (Å²) in [4.78, 5) is 15.5. The lowest BCUT2D eigenvalue weighted by molar-refractivity contribution is -0.139. The third-order valence-corrected chi connectivity index (χ3v) is 5.32. The molecule has 0 fully saturated rings. The van der Waals surface area contributed by atoms with E-state index in [2.05, 4.69) is 40.5 Å². The van der Waals surface area contributed by atoms with E-state index in [1.165, 1.54) is 62.5 Å². The standard InChI is InChI=1S/C22H34BrNO2/c1-18(2)22(25)26-17-13-11-9-7-5-4-6-8-10-12-14-20-19(3)15-16-24-21(20)23/h15-16H,1,4-14,17H2,2-3H3. The Morgan fingerprint density at radius 2 is 1.58 bits per heavy atom. The first kappa shape index (κ1) is 22.9. The first-order chi connectivity index (χ1) is 12.5. The molecule has 0 bridgehead atoms. The highest BCUT2D eigenvalue weighted by molar-refractivity contribution is 9.10. The molecule has 0 unspecified atom stereocenters. The van der Waals surface area contributed by atoms with Crippen molar-refractivity contribution in [2.75, 3.05) is 6.61 Å². The molecule has 1 heterocycles. The Hall–Kier alpha value is -1.16. The molecule has 0 aliphatic heterocycles. The average Bonchev–Trinajstić information content (AvgIpc) is 2.60. The highest BCUT2D eigenvalue weighted by Crippen LogP contribution is 2.20. The monoisotopic (exact) mass is 423 g/mol. The van der Waals surface area contributed by atoms with Crippen LogP contribution in [-0.4, -0.2) is 17.6 Å². The molecule has 4 heteroatoms. The molecule has 0 aliphatic rings. The molecule has 1 aromatic heterocycles. The number of carbonyl (C=O) groups is 1. The number of ether oxygens (including phenoxy) is 1. The van der Waals surface area contributed by atoms with Gasteiger partial charge in [-0.05, 0) is 66.2 Å². The van der Waals surface area contributed by atoms with Crippen molar-refractivity contribution >= 4 is 21.9 Å². The van der Waals surface area contributed by atoms with E-state index in [4.69, 9.17) is 4.74 Å². The number of carbonyl (C=O) groups excluding carboxylic acids is 1. The highest BCUT2D eigenvalue weighted by Gasteiger charge is 2.04. The van der Waals surface area contributed by atoms with Crippen molar-refractivity contribution in [1.29, 1.82) is 0 Å². The van der Waals surface area contributed by atoms with E-state index >= 15 is 0 Å². The van der Waals surface area contributed by atoms with Crippen LogP contribution in [0.3, 0.4) is 0 Å². The molecule has 0 saturated carbocycles. The molecule has 1 aromatic rings. The number of rotatable bonds is 14. The molecular formula is C22H34BrNO2. The normalized spacial score (nSPS) is 10.7. The zero-order valence-electron chi connectivity index (χ0n) is 16.5. The van der Waals surface area contributed by atoms with Crippen LogP contribution in [0.2, 0.25) is 0 Å². The number of hydrogen-bond acceptors (Lipinski definition) is 3. The molecule has 0 aromatic carbocycles. The lowest BCUT2D eigenvalue weighted by Crippen LogP contribution is -2.05. The summed E-state index contributed by atoms with van der Waals surface area (Å²) in [7, 11) is 0. The molecule has 0 spiro atoms. The summed E-state index contributed by atoms with van der Waals surface area (Å²) >= 11 is 3.55. The van der Waals surface area contributed by atoms with Crippen molar-refractivity contribution in [2.45, 2.75) is 84.5 Å². The molecular weight excluding hydrogens is 390 g/mol. The van der Waals surface area contributed by atoms with Gasteiger partial charge in [-0.25, -0.2) is 9.78 Å². The average molecular weight is 424 g/mol. The summed E-state index contributed by atoms with van der Waals surface area (Å²) in [6, 6.07) is 2.09. The Morgan fingerprint density at radius 3 is 2.12 bits per heavy atom. The van der Waals surface area contributed by atoms with Gasteiger partial charge in [-0.15, -0.1) is 0 Å². The number of halogens is 1. The lowest BCUT2D eigenvalue weighted by Gasteiger charge is -2.07. The molecule has 0 aliphatic carbocycles. The van der Waals surface area contributed by atoms with E-state index < -0.39 is 0 Å². The maximum Gasteiger partial charge on any atom is 0.333 e. The summed E-state index contributed by atoms with van der Waals surface area (Å²) in [5.74, 6) is -0.268. The van der Waals surface area contributed by atoms with E-state index in [1.807, 2.05) is 6.20 Å². The van der Waals surface area contributed by atoms with Gasteiger partial charge in [0, 0.05) is 11.8 Å². The van der Waals surface area contributed by atoms with Crippen LogP contribution in [0.15, 0.2) is 29.0 Å². The Labute approximate surface area is 167 Å². The van der Waals surface area contributed by atoms with Gasteiger partial charge in [0.25, 0.3) is 0 Å². The molecule has 0 amide bonds. The van der Waals surface area contributed by atoms with Gasteiger partial charge in [-0.3, -0.25) is 0 Å². The Balaban J connectivity index is 1.88. The van der Waals surface area contributed by atoms with Crippen LogP contribution in [0.1, 0.15) is 82.3 Å². The summed E-state index contributed by atoms with van der Waals surface area (Å²) < 4.78 is 6.09. The third kappa shape index (κ3) is 10.1. The topological polar surface area (TPSA) is 39.2 Å². The smallest absolute Gasteiger partial charge is 0.333 e. The molecule has 26 heavy (non-hydrogen) atoms. The molecule has 0 radical (unpaired) electrons. The minimum Gasteiger partial charge on any atom is -0.462 e. The van der Waals surface area contributed by atoms with Crippen LogP contribution in [-0.2, 0) is 16.0 Å². The van der Waals surface area contributed by atoms with Gasteiger partial charge in [0.15, 0.2) is 0 Å². The second-order valence-electron chi connectivity index (χ2n) is 7.10. The summed E-state index contributed by atoms with van der Waals surface area (Å²) in [6.07, 6.45) is 15.5. The number of pyridine rings is 1. The van der Waals surface area contributed by atoms with Gasteiger partial charge < -0.3 is 4.74 Å². The zero-order chi connectivity index (χ0) is 19.2. The number of aryl methyl sites for hydroxylation is 1. The van der Waals surface area contributed by atoms with Gasteiger partial charge in [0.1, 0.15) is 4.60 Å². The van der Waals surface area contributed by atoms with E-state index in [9.17, 15) is 4.79 Å². The fourth-order valence-corrected chi connectivity index (χ4v) is 3.59. The van der Waals surface area contributed by atoms with Crippen LogP contribution in [0.5, 0.6) is 0 Å². The lowest BCUT2D eigenvalue weighted by atomic mass is 10.0. The Bertz CT molecular complexity index is 537. The van der Waals surface area contributed by atoms with E-state index in [1.54, 1.807) is 6.92 Å². The van der Waals surface area contributed by atoms with Crippen LogP contribution in [0.25, 0.3) is 0 Å². The van der Waals surface area contributed by atoms with Crippen LogP contribution in [0.4, 0.5) is 0 Å². The van der Waals surface area contributed by atoms with Crippen LogP contribution in [0, 0.1) is 6.92 Å². The minimum atomic E-state index is -0.268. The fourth-order valence-electron chi connectivity index (χ4n) is 2.96. The summed E-state index contributed by atoms with van der Waals surface area (Å²) in [5.41, 5.74) is 3.18. The van der Waals surface area contributed by atoms with Gasteiger partial charge in [0.2, 0.25) is 0 Å². The molecule has 1 rings (SSSR count). The quantitative estimate of drug-likeness (QED) is 0.144. The van der Waals surface area contributed by atoms with E-state index in [0.29, 0.717) is 12.2 Å². The molecule has 0 N–H and O–H groups in total. The van der Waals surface area contributed by atoms with Gasteiger partial charge in [-0.2, -0.15) is 0 Å². The maximum atomic E-state index is 11.2. The maximum absolute atomic E-state index is 11.2. The number of esters is 1. The second-order valence-corrected chi connectivity index (χ2v) is 7.85. The molecule has 0 atom stereocenters. The van der Waals surface area contributed by atoms with Crippen LogP contribution >= 0.6 is 15.9 Å². The number of hydrogen-bond donors (Lipinski definition) is 0. The molecule has 3 nitrogen and oxygen atoms in total. The van der Waals surface area contributed by atoms with Crippen molar-refractivity contribution in [3.8, 4) is 0 Å². The Kier molecular flexibility index (Phi) is 12.3. The first-order valence-corrected chi connectivity index (χ1v) is 10.7. The van der Waals surface area contributed by atoms with Crippen molar-refractivity contribution in [1.82, 2.24) is 4.98 Å². The van der Waals surface area contributed by atoms with Gasteiger partial charge >= 0.3 is 5.97 Å². The van der Waals surface area contributed by atoms with Crippen molar-refractivity contribution in [3.05, 3.63) is 40.1 Å². The van der Waals surface area contributed by atoms with Crippen molar-refractivity contribution in [2.24, 2.45) is 0 Å². The van der Waals surface area contributed by atoms with Crippen molar-refractivity contribution in [3.63, 3.8) is 0 Å². The SMILES string of the molecule is C=C(C)C(=O)OCCCCCCCCCCCCc1c(C)ccnc1Br. The summed E-state index contributed by atoms with van der Waals surface area (Å²) in [6.45, 7) is 7.94. The van der Waals surface area contributed by atoms with Crippen molar-refractivity contribution < 1.29 is 9.53 Å². The number of unbranched alkanes of at least 4 members (excludes halogenated alkanes) is 9. The van der Waals surface area contributed by atoms with E-state index in [-0.39, 0.29) is 5.97 Å². The van der Waals surface area contributed by atoms with Gasteiger partial charge in [0.05, 0.1) is 6.61 Å². The molecule has 146 valence electrons. The first-order valence-electron chi connectivity index (χ1n) is 9.95. The Morgan fingerprint density at radius 1 is 1.04 bits per heavy atom. The largest absolute Gasteiger partial charge is 0.462 e. The van der Waals surface area contributed by atoms with Gasteiger partial charge in [-0.1, -0.05) is 57.9 Å².